The monoisotopic (exact) mass is 400 g/mol. The van der Waals surface area contributed by atoms with Crippen molar-refractivity contribution in [3.63, 3.8) is 0 Å². The van der Waals surface area contributed by atoms with E-state index in [0.717, 1.165) is 5.56 Å². The van der Waals surface area contributed by atoms with Crippen LogP contribution in [0.25, 0.3) is 0 Å². The fraction of sp³-hybridized carbons (Fsp3) is 0.381. The minimum Gasteiger partial charge on any atom is -0.484 e. The van der Waals surface area contributed by atoms with E-state index in [1.165, 1.54) is 19.1 Å². The summed E-state index contributed by atoms with van der Waals surface area (Å²) < 4.78 is 11.8. The normalized spacial score (nSPS) is 19.7. The van der Waals surface area contributed by atoms with Gasteiger partial charge in [-0.25, -0.2) is 0 Å². The molecule has 0 bridgehead atoms. The van der Waals surface area contributed by atoms with Crippen molar-refractivity contribution in [1.82, 2.24) is 0 Å². The first kappa shape index (κ1) is 20.8. The average molecular weight is 400 g/mol. The number of nitrogens with zero attached hydrogens (tertiary/aromatic N) is 1. The van der Waals surface area contributed by atoms with E-state index < -0.39 is 28.6 Å². The quantitative estimate of drug-likeness (QED) is 0.568. The van der Waals surface area contributed by atoms with Crippen LogP contribution in [-0.4, -0.2) is 34.2 Å². The van der Waals surface area contributed by atoms with Gasteiger partial charge in [-0.05, 0) is 31.9 Å². The number of nitro benzene ring substituents is 1. The molecule has 154 valence electrons. The molecule has 2 atom stereocenters. The summed E-state index contributed by atoms with van der Waals surface area (Å²) in [6.45, 7) is 5.00. The molecule has 0 saturated carbocycles. The Labute approximate surface area is 168 Å². The zero-order valence-corrected chi connectivity index (χ0v) is 16.5. The molecular formula is C21H24N2O6. The van der Waals surface area contributed by atoms with Gasteiger partial charge in [-0.3, -0.25) is 14.9 Å². The number of amides is 1. The first-order valence-electron chi connectivity index (χ1n) is 9.31. The van der Waals surface area contributed by atoms with Crippen LogP contribution in [-0.2, 0) is 16.0 Å². The Morgan fingerprint density at radius 3 is 2.62 bits per heavy atom. The fourth-order valence-electron chi connectivity index (χ4n) is 3.35. The molecule has 1 aliphatic heterocycles. The predicted octanol–water partition coefficient (Wildman–Crippen LogP) is 3.39. The lowest BCUT2D eigenvalue weighted by Crippen LogP contribution is -2.49. The van der Waals surface area contributed by atoms with E-state index in [4.69, 9.17) is 9.47 Å². The number of ether oxygens (including phenoxy) is 2. The maximum Gasteiger partial charge on any atom is 0.296 e. The molecule has 0 spiro atoms. The number of carbonyl (C=O) groups excluding carboxylic acids is 1. The fourth-order valence-corrected chi connectivity index (χ4v) is 3.35. The summed E-state index contributed by atoms with van der Waals surface area (Å²) >= 11 is 0. The Morgan fingerprint density at radius 2 is 2.00 bits per heavy atom. The number of nitrogens with one attached hydrogen (secondary N) is 1. The van der Waals surface area contributed by atoms with Gasteiger partial charge in [0.25, 0.3) is 5.69 Å². The Kier molecular flexibility index (Phi) is 5.86. The zero-order chi connectivity index (χ0) is 21.2. The molecule has 0 unspecified atom stereocenters. The van der Waals surface area contributed by atoms with Crippen molar-refractivity contribution in [2.75, 3.05) is 11.9 Å². The van der Waals surface area contributed by atoms with Crippen molar-refractivity contribution in [2.24, 2.45) is 0 Å². The number of carbonyl (C=O) groups is 1. The molecule has 1 amide bonds. The highest BCUT2D eigenvalue weighted by Gasteiger charge is 2.44. The van der Waals surface area contributed by atoms with Gasteiger partial charge in [0, 0.05) is 12.5 Å². The molecule has 2 N–H and O–H groups in total. The van der Waals surface area contributed by atoms with Crippen LogP contribution in [0.2, 0.25) is 0 Å². The lowest BCUT2D eigenvalue weighted by molar-refractivity contribution is -0.384. The van der Waals surface area contributed by atoms with Crippen molar-refractivity contribution in [1.29, 1.82) is 0 Å². The summed E-state index contributed by atoms with van der Waals surface area (Å²) in [6, 6.07) is 12.5. The number of hydrogen-bond acceptors (Lipinski definition) is 6. The Hall–Kier alpha value is -2.97. The summed E-state index contributed by atoms with van der Waals surface area (Å²) in [7, 11) is 0. The maximum atomic E-state index is 11.5. The van der Waals surface area contributed by atoms with E-state index in [1.54, 1.807) is 13.8 Å². The van der Waals surface area contributed by atoms with Crippen LogP contribution in [0.1, 0.15) is 38.0 Å². The van der Waals surface area contributed by atoms with Crippen LogP contribution in [0.15, 0.2) is 42.5 Å². The van der Waals surface area contributed by atoms with Crippen LogP contribution in [0, 0.1) is 10.1 Å². The Morgan fingerprint density at radius 1 is 1.31 bits per heavy atom. The van der Waals surface area contributed by atoms with E-state index in [0.29, 0.717) is 18.6 Å². The van der Waals surface area contributed by atoms with Crippen molar-refractivity contribution in [2.45, 2.75) is 45.0 Å². The molecule has 29 heavy (non-hydrogen) atoms. The SMILES string of the molecule is CC(=O)Nc1cc2c(cc1[N+](=O)[O-])OC(C)(C)[C@@H](O)[C@@H]2OCCc1ccccc1. The van der Waals surface area contributed by atoms with E-state index in [2.05, 4.69) is 5.32 Å². The third-order valence-corrected chi connectivity index (χ3v) is 4.85. The number of benzene rings is 2. The molecule has 3 rings (SSSR count). The van der Waals surface area contributed by atoms with E-state index >= 15 is 0 Å². The molecule has 1 heterocycles. The number of rotatable bonds is 6. The molecule has 0 fully saturated rings. The molecule has 2 aromatic rings. The lowest BCUT2D eigenvalue weighted by Gasteiger charge is -2.41. The number of nitro groups is 1. The average Bonchev–Trinajstić information content (AvgIpc) is 2.65. The summed E-state index contributed by atoms with van der Waals surface area (Å²) in [5, 5.41) is 24.7. The second-order valence-corrected chi connectivity index (χ2v) is 7.52. The highest BCUT2D eigenvalue weighted by atomic mass is 16.6. The van der Waals surface area contributed by atoms with Gasteiger partial charge in [0.15, 0.2) is 0 Å². The molecule has 0 radical (unpaired) electrons. The van der Waals surface area contributed by atoms with Crippen LogP contribution in [0.3, 0.4) is 0 Å². The van der Waals surface area contributed by atoms with Crippen LogP contribution >= 0.6 is 0 Å². The number of anilines is 1. The van der Waals surface area contributed by atoms with Crippen LogP contribution in [0.5, 0.6) is 5.75 Å². The molecule has 0 aromatic heterocycles. The number of fused-ring (bicyclic) bond motifs is 1. The van der Waals surface area contributed by atoms with Crippen LogP contribution in [0.4, 0.5) is 11.4 Å². The second kappa shape index (κ2) is 8.18. The Balaban J connectivity index is 1.93. The molecule has 2 aromatic carbocycles. The van der Waals surface area contributed by atoms with Gasteiger partial charge in [0.05, 0.1) is 17.6 Å². The largest absolute Gasteiger partial charge is 0.484 e. The van der Waals surface area contributed by atoms with Gasteiger partial charge < -0.3 is 19.9 Å². The number of aliphatic hydroxyl groups excluding tert-OH is 1. The minimum atomic E-state index is -1.01. The lowest BCUT2D eigenvalue weighted by atomic mass is 9.88. The van der Waals surface area contributed by atoms with Crippen molar-refractivity contribution in [3.05, 3.63) is 63.7 Å². The Bertz CT molecular complexity index is 913. The zero-order valence-electron chi connectivity index (χ0n) is 16.5. The van der Waals surface area contributed by atoms with Gasteiger partial charge in [-0.1, -0.05) is 30.3 Å². The summed E-state index contributed by atoms with van der Waals surface area (Å²) in [5.41, 5.74) is 0.298. The third-order valence-electron chi connectivity index (χ3n) is 4.85. The van der Waals surface area contributed by atoms with Crippen molar-refractivity contribution >= 4 is 17.3 Å². The molecular weight excluding hydrogens is 376 g/mol. The topological polar surface area (TPSA) is 111 Å². The molecule has 8 nitrogen and oxygen atoms in total. The van der Waals surface area contributed by atoms with Gasteiger partial charge in [-0.15, -0.1) is 0 Å². The van der Waals surface area contributed by atoms with Gasteiger partial charge in [-0.2, -0.15) is 0 Å². The molecule has 8 heteroatoms. The predicted molar refractivity (Wildman–Crippen MR) is 107 cm³/mol. The van der Waals surface area contributed by atoms with Gasteiger partial charge in [0.1, 0.15) is 29.2 Å². The highest BCUT2D eigenvalue weighted by molar-refractivity contribution is 5.91. The first-order valence-corrected chi connectivity index (χ1v) is 9.31. The van der Waals surface area contributed by atoms with Gasteiger partial charge in [0.2, 0.25) is 5.91 Å². The summed E-state index contributed by atoms with van der Waals surface area (Å²) in [5.74, 6) is -0.182. The van der Waals surface area contributed by atoms with Crippen molar-refractivity contribution in [3.8, 4) is 5.75 Å². The van der Waals surface area contributed by atoms with E-state index in [1.807, 2.05) is 30.3 Å². The van der Waals surface area contributed by atoms with E-state index in [9.17, 15) is 20.0 Å². The highest BCUT2D eigenvalue weighted by Crippen LogP contribution is 2.45. The third kappa shape index (κ3) is 4.55. The maximum absolute atomic E-state index is 11.5. The van der Waals surface area contributed by atoms with Gasteiger partial charge >= 0.3 is 0 Å². The minimum absolute atomic E-state index is 0.0356. The molecule has 1 aliphatic rings. The van der Waals surface area contributed by atoms with E-state index in [-0.39, 0.29) is 17.1 Å². The summed E-state index contributed by atoms with van der Waals surface area (Å²) in [4.78, 5) is 22.3. The molecule has 0 aliphatic carbocycles. The second-order valence-electron chi connectivity index (χ2n) is 7.52. The standard InChI is InChI=1S/C21H24N2O6/c1-13(24)22-16-11-15-18(12-17(16)23(26)27)29-21(2,3)20(25)19(15)28-10-9-14-7-5-4-6-8-14/h4-8,11-12,19-20,25H,9-10H2,1-3H3,(H,22,24)/t19-,20+/m1/s1. The first-order chi connectivity index (χ1) is 13.7. The number of aliphatic hydroxyl groups is 1. The number of hydrogen-bond donors (Lipinski definition) is 2. The van der Waals surface area contributed by atoms with Crippen LogP contribution < -0.4 is 10.1 Å². The smallest absolute Gasteiger partial charge is 0.296 e. The van der Waals surface area contributed by atoms with Crippen molar-refractivity contribution < 1.29 is 24.3 Å². The summed E-state index contributed by atoms with van der Waals surface area (Å²) in [6.07, 6.45) is -1.12. The molecule has 0 saturated heterocycles.